The molecule has 0 amide bonds. The Balaban J connectivity index is 1.38. The summed E-state index contributed by atoms with van der Waals surface area (Å²) in [5, 5.41) is 16.5. The van der Waals surface area contributed by atoms with Gasteiger partial charge in [-0.3, -0.25) is 5.10 Å². The maximum absolute atomic E-state index is 14.6. The van der Waals surface area contributed by atoms with Gasteiger partial charge in [-0.15, -0.1) is 5.10 Å². The summed E-state index contributed by atoms with van der Waals surface area (Å²) in [4.78, 5) is 0. The van der Waals surface area contributed by atoms with Crippen molar-refractivity contribution in [3.63, 3.8) is 0 Å². The maximum atomic E-state index is 14.6. The van der Waals surface area contributed by atoms with E-state index in [2.05, 4.69) is 58.6 Å². The molecule has 0 spiro atoms. The lowest BCUT2D eigenvalue weighted by molar-refractivity contribution is 0.144. The number of ether oxygens (including phenoxy) is 2. The molecular formula is C26H30FN5O2. The number of hydrogen-bond donors (Lipinski definition) is 1. The van der Waals surface area contributed by atoms with Crippen molar-refractivity contribution in [2.45, 2.75) is 45.4 Å². The van der Waals surface area contributed by atoms with Crippen LogP contribution in [0.5, 0.6) is 5.75 Å². The molecule has 1 unspecified atom stereocenters. The zero-order valence-electron chi connectivity index (χ0n) is 19.8. The standard InChI is InChI=1S/C26H30FN5O2/c1-26(2)11-5-4-6-20(26)17-7-9-18(10-8-17)32-16-23(29-31-32)25-19-14-21(27)24(34-13-12-33-3)15-22(19)28-30-25/h7-10,14-16,20H,4-6,11-13H2,1-3H3,(H,28,30). The fourth-order valence-corrected chi connectivity index (χ4v) is 5.03. The molecule has 4 aromatic rings. The molecule has 0 bridgehead atoms. The first-order valence-corrected chi connectivity index (χ1v) is 11.8. The molecule has 8 heteroatoms. The fourth-order valence-electron chi connectivity index (χ4n) is 5.03. The third-order valence-corrected chi connectivity index (χ3v) is 6.96. The Labute approximate surface area is 198 Å². The molecule has 2 aromatic heterocycles. The average molecular weight is 464 g/mol. The molecule has 2 heterocycles. The summed E-state index contributed by atoms with van der Waals surface area (Å²) < 4.78 is 26.7. The maximum Gasteiger partial charge on any atom is 0.165 e. The smallest absolute Gasteiger partial charge is 0.165 e. The van der Waals surface area contributed by atoms with Crippen LogP contribution in [0.15, 0.2) is 42.6 Å². The van der Waals surface area contributed by atoms with Gasteiger partial charge in [0.2, 0.25) is 0 Å². The van der Waals surface area contributed by atoms with Gasteiger partial charge in [0, 0.05) is 18.6 Å². The summed E-state index contributed by atoms with van der Waals surface area (Å²) in [6.07, 6.45) is 6.93. The van der Waals surface area contributed by atoms with E-state index in [1.165, 1.54) is 37.3 Å². The van der Waals surface area contributed by atoms with Gasteiger partial charge in [-0.25, -0.2) is 9.07 Å². The predicted molar refractivity (Wildman–Crippen MR) is 129 cm³/mol. The summed E-state index contributed by atoms with van der Waals surface area (Å²) >= 11 is 0. The van der Waals surface area contributed by atoms with Crippen molar-refractivity contribution in [2.24, 2.45) is 5.41 Å². The van der Waals surface area contributed by atoms with Crippen molar-refractivity contribution in [1.82, 2.24) is 25.2 Å². The highest BCUT2D eigenvalue weighted by atomic mass is 19.1. The van der Waals surface area contributed by atoms with E-state index < -0.39 is 5.82 Å². The Bertz CT molecular complexity index is 1280. The fraction of sp³-hybridized carbons (Fsp3) is 0.423. The van der Waals surface area contributed by atoms with Gasteiger partial charge >= 0.3 is 0 Å². The number of H-pyrrole nitrogens is 1. The van der Waals surface area contributed by atoms with Crippen LogP contribution >= 0.6 is 0 Å². The van der Waals surface area contributed by atoms with E-state index in [9.17, 15) is 4.39 Å². The zero-order chi connectivity index (χ0) is 23.7. The predicted octanol–water partition coefficient (Wildman–Crippen LogP) is 5.66. The molecule has 5 rings (SSSR count). The summed E-state index contributed by atoms with van der Waals surface area (Å²) in [5.41, 5.74) is 4.41. The van der Waals surface area contributed by atoms with E-state index in [-0.39, 0.29) is 12.4 Å². The summed E-state index contributed by atoms with van der Waals surface area (Å²) in [6.45, 7) is 5.40. The highest BCUT2D eigenvalue weighted by molar-refractivity contribution is 5.92. The third-order valence-electron chi connectivity index (χ3n) is 6.96. The SMILES string of the molecule is COCCOc1cc2[nH]nc(-c3cn(-c4ccc(C5CCCCC5(C)C)cc4)nn3)c2cc1F. The highest BCUT2D eigenvalue weighted by Crippen LogP contribution is 2.46. The quantitative estimate of drug-likeness (QED) is 0.358. The second-order valence-electron chi connectivity index (χ2n) is 9.67. The first kappa shape index (κ1) is 22.5. The lowest BCUT2D eigenvalue weighted by Gasteiger charge is -2.39. The van der Waals surface area contributed by atoms with Crippen LogP contribution in [0.1, 0.15) is 51.0 Å². The monoisotopic (exact) mass is 463 g/mol. The number of halogens is 1. The third kappa shape index (κ3) is 4.30. The Kier molecular flexibility index (Phi) is 6.08. The zero-order valence-corrected chi connectivity index (χ0v) is 19.8. The number of nitrogens with one attached hydrogen (secondary N) is 1. The number of aromatic nitrogens is 5. The van der Waals surface area contributed by atoms with Crippen LogP contribution in [0.25, 0.3) is 28.0 Å². The van der Waals surface area contributed by atoms with Gasteiger partial charge in [-0.1, -0.05) is 44.0 Å². The van der Waals surface area contributed by atoms with Gasteiger partial charge in [0.1, 0.15) is 18.0 Å². The van der Waals surface area contributed by atoms with Crippen molar-refractivity contribution >= 4 is 10.9 Å². The van der Waals surface area contributed by atoms with Crippen molar-refractivity contribution in [2.75, 3.05) is 20.3 Å². The van der Waals surface area contributed by atoms with Crippen molar-refractivity contribution in [3.05, 3.63) is 54.0 Å². The van der Waals surface area contributed by atoms with Gasteiger partial charge < -0.3 is 9.47 Å². The van der Waals surface area contributed by atoms with E-state index in [0.717, 1.165) is 5.69 Å². The molecule has 1 fully saturated rings. The van der Waals surface area contributed by atoms with Gasteiger partial charge in [0.05, 0.1) is 24.0 Å². The molecule has 7 nitrogen and oxygen atoms in total. The number of hydrogen-bond acceptors (Lipinski definition) is 5. The first-order chi connectivity index (χ1) is 16.5. The van der Waals surface area contributed by atoms with Crippen LogP contribution in [-0.2, 0) is 4.74 Å². The van der Waals surface area contributed by atoms with Gasteiger partial charge in [0.15, 0.2) is 11.6 Å². The van der Waals surface area contributed by atoms with E-state index in [1.54, 1.807) is 17.9 Å². The molecule has 1 N–H and O–H groups in total. The highest BCUT2D eigenvalue weighted by Gasteiger charge is 2.33. The number of methoxy groups -OCH3 is 1. The number of fused-ring (bicyclic) bond motifs is 1. The first-order valence-electron chi connectivity index (χ1n) is 11.8. The van der Waals surface area contributed by atoms with Crippen LogP contribution in [0.2, 0.25) is 0 Å². The van der Waals surface area contributed by atoms with Crippen LogP contribution < -0.4 is 4.74 Å². The van der Waals surface area contributed by atoms with E-state index in [1.807, 2.05) is 6.20 Å². The van der Waals surface area contributed by atoms with Crippen molar-refractivity contribution < 1.29 is 13.9 Å². The van der Waals surface area contributed by atoms with Crippen molar-refractivity contribution in [3.8, 4) is 22.8 Å². The Morgan fingerprint density at radius 1 is 1.15 bits per heavy atom. The minimum atomic E-state index is -0.458. The second kappa shape index (κ2) is 9.18. The molecule has 178 valence electrons. The van der Waals surface area contributed by atoms with Crippen molar-refractivity contribution in [1.29, 1.82) is 0 Å². The molecule has 2 aromatic carbocycles. The Morgan fingerprint density at radius 2 is 1.97 bits per heavy atom. The average Bonchev–Trinajstić information content (AvgIpc) is 3.46. The number of benzene rings is 2. The minimum Gasteiger partial charge on any atom is -0.488 e. The van der Waals surface area contributed by atoms with Crippen LogP contribution in [0, 0.1) is 11.2 Å². The van der Waals surface area contributed by atoms with Gasteiger partial charge in [0.25, 0.3) is 0 Å². The van der Waals surface area contributed by atoms with E-state index in [0.29, 0.717) is 40.2 Å². The molecule has 1 aliphatic carbocycles. The molecule has 0 aliphatic heterocycles. The molecule has 1 atom stereocenters. The van der Waals surface area contributed by atoms with E-state index >= 15 is 0 Å². The number of nitrogens with zero attached hydrogens (tertiary/aromatic N) is 4. The summed E-state index contributed by atoms with van der Waals surface area (Å²) in [6, 6.07) is 11.6. The minimum absolute atomic E-state index is 0.157. The van der Waals surface area contributed by atoms with Gasteiger partial charge in [-0.2, -0.15) is 5.10 Å². The molecule has 1 aliphatic rings. The largest absolute Gasteiger partial charge is 0.488 e. The Morgan fingerprint density at radius 3 is 2.74 bits per heavy atom. The summed E-state index contributed by atoms with van der Waals surface area (Å²) in [7, 11) is 1.57. The lowest BCUT2D eigenvalue weighted by Crippen LogP contribution is -2.25. The molecular weight excluding hydrogens is 433 g/mol. The number of rotatable bonds is 7. The van der Waals surface area contributed by atoms with Crippen LogP contribution in [-0.4, -0.2) is 45.5 Å². The van der Waals surface area contributed by atoms with Crippen LogP contribution in [0.3, 0.4) is 0 Å². The molecule has 34 heavy (non-hydrogen) atoms. The topological polar surface area (TPSA) is 77.9 Å². The van der Waals surface area contributed by atoms with Gasteiger partial charge in [-0.05, 0) is 47.9 Å². The lowest BCUT2D eigenvalue weighted by atomic mass is 9.66. The molecule has 1 saturated carbocycles. The second-order valence-corrected chi connectivity index (χ2v) is 9.67. The Hall–Kier alpha value is -3.26. The van der Waals surface area contributed by atoms with Crippen LogP contribution in [0.4, 0.5) is 4.39 Å². The van der Waals surface area contributed by atoms with E-state index in [4.69, 9.17) is 9.47 Å². The molecule has 0 radical (unpaired) electrons. The summed E-state index contributed by atoms with van der Waals surface area (Å²) in [5.74, 6) is 0.278. The normalized spacial score (nSPS) is 17.8. The molecule has 0 saturated heterocycles. The number of aromatic amines is 1.